The number of carbonyl (C=O) groups is 2. The van der Waals surface area contributed by atoms with Crippen molar-refractivity contribution in [2.75, 3.05) is 36.5 Å². The van der Waals surface area contributed by atoms with Crippen molar-refractivity contribution in [3.8, 4) is 6.07 Å². The molecular formula is C19H22N4O3. The lowest BCUT2D eigenvalue weighted by Crippen LogP contribution is -2.35. The second-order valence-electron chi connectivity index (χ2n) is 6.74. The van der Waals surface area contributed by atoms with Crippen LogP contribution in [-0.2, 0) is 9.59 Å². The number of amides is 2. The van der Waals surface area contributed by atoms with Crippen molar-refractivity contribution in [1.29, 1.82) is 5.26 Å². The van der Waals surface area contributed by atoms with E-state index < -0.39 is 11.8 Å². The highest BCUT2D eigenvalue weighted by Gasteiger charge is 2.30. The molecule has 1 unspecified atom stereocenters. The molecule has 0 bridgehead atoms. The first kappa shape index (κ1) is 18.0. The largest absolute Gasteiger partial charge is 0.395 e. The summed E-state index contributed by atoms with van der Waals surface area (Å²) < 4.78 is 0. The number of anilines is 2. The monoisotopic (exact) mass is 354 g/mol. The van der Waals surface area contributed by atoms with E-state index in [1.807, 2.05) is 12.1 Å². The molecule has 1 saturated heterocycles. The third kappa shape index (κ3) is 3.55. The molecule has 7 nitrogen and oxygen atoms in total. The maximum absolute atomic E-state index is 12.2. The summed E-state index contributed by atoms with van der Waals surface area (Å²) in [4.78, 5) is 27.2. The molecular weight excluding hydrogens is 332 g/mol. The fourth-order valence-corrected chi connectivity index (χ4v) is 3.45. The van der Waals surface area contributed by atoms with Crippen LogP contribution in [0, 0.1) is 17.2 Å². The van der Waals surface area contributed by atoms with E-state index in [0.717, 1.165) is 30.1 Å². The first-order valence-corrected chi connectivity index (χ1v) is 8.78. The van der Waals surface area contributed by atoms with Crippen molar-refractivity contribution in [3.05, 3.63) is 35.5 Å². The number of piperidine rings is 1. The fraction of sp³-hybridized carbons (Fsp3) is 0.421. The van der Waals surface area contributed by atoms with Gasteiger partial charge in [-0.1, -0.05) is 6.92 Å². The number of rotatable bonds is 5. The molecule has 1 atom stereocenters. The highest BCUT2D eigenvalue weighted by molar-refractivity contribution is 6.17. The van der Waals surface area contributed by atoms with Crippen LogP contribution in [0.3, 0.4) is 0 Å². The van der Waals surface area contributed by atoms with Crippen LogP contribution in [0.5, 0.6) is 0 Å². The average Bonchev–Trinajstić information content (AvgIpc) is 2.89. The highest BCUT2D eigenvalue weighted by atomic mass is 16.3. The maximum atomic E-state index is 12.2. The number of imide groups is 1. The Morgan fingerprint density at radius 3 is 2.88 bits per heavy atom. The Bertz CT molecular complexity index is 796. The summed E-state index contributed by atoms with van der Waals surface area (Å²) in [5, 5.41) is 21.4. The van der Waals surface area contributed by atoms with Gasteiger partial charge in [0.25, 0.3) is 11.8 Å². The number of aliphatic hydroxyl groups is 1. The van der Waals surface area contributed by atoms with Gasteiger partial charge in [0.15, 0.2) is 0 Å². The van der Waals surface area contributed by atoms with Gasteiger partial charge in [0, 0.05) is 24.9 Å². The molecule has 2 N–H and O–H groups in total. The molecule has 1 aromatic rings. The Morgan fingerprint density at radius 2 is 2.19 bits per heavy atom. The lowest BCUT2D eigenvalue weighted by Gasteiger charge is -2.33. The van der Waals surface area contributed by atoms with E-state index in [1.165, 1.54) is 12.5 Å². The predicted octanol–water partition coefficient (Wildman–Crippen LogP) is 1.45. The molecule has 3 rings (SSSR count). The lowest BCUT2D eigenvalue weighted by molar-refractivity contribution is -0.137. The van der Waals surface area contributed by atoms with Gasteiger partial charge in [-0.05, 0) is 37.0 Å². The van der Waals surface area contributed by atoms with Crippen LogP contribution in [0.4, 0.5) is 11.4 Å². The Labute approximate surface area is 152 Å². The Morgan fingerprint density at radius 1 is 1.38 bits per heavy atom. The number of aliphatic hydroxyl groups excluding tert-OH is 1. The number of benzene rings is 1. The SMILES string of the molecule is CC1CCCN(c2ccc(NC3=CC(=O)N(CCO)C3=O)cc2C#N)C1. The molecule has 136 valence electrons. The zero-order valence-corrected chi connectivity index (χ0v) is 14.7. The van der Waals surface area contributed by atoms with E-state index >= 15 is 0 Å². The molecule has 0 aromatic heterocycles. The first-order valence-electron chi connectivity index (χ1n) is 8.78. The zero-order valence-electron chi connectivity index (χ0n) is 14.7. The van der Waals surface area contributed by atoms with E-state index in [-0.39, 0.29) is 18.8 Å². The third-order valence-electron chi connectivity index (χ3n) is 4.73. The number of carbonyl (C=O) groups excluding carboxylic acids is 2. The molecule has 1 fully saturated rings. The summed E-state index contributed by atoms with van der Waals surface area (Å²) in [7, 11) is 0. The minimum absolute atomic E-state index is 0.0329. The molecule has 26 heavy (non-hydrogen) atoms. The van der Waals surface area contributed by atoms with Gasteiger partial charge in [0.2, 0.25) is 0 Å². The summed E-state index contributed by atoms with van der Waals surface area (Å²) >= 11 is 0. The third-order valence-corrected chi connectivity index (χ3v) is 4.73. The molecule has 2 aliphatic rings. The van der Waals surface area contributed by atoms with Crippen molar-refractivity contribution in [2.45, 2.75) is 19.8 Å². The van der Waals surface area contributed by atoms with Gasteiger partial charge < -0.3 is 15.3 Å². The second-order valence-corrected chi connectivity index (χ2v) is 6.74. The minimum Gasteiger partial charge on any atom is -0.395 e. The quantitative estimate of drug-likeness (QED) is 0.777. The van der Waals surface area contributed by atoms with Crippen LogP contribution in [0.25, 0.3) is 0 Å². The van der Waals surface area contributed by atoms with Crippen molar-refractivity contribution >= 4 is 23.2 Å². The smallest absolute Gasteiger partial charge is 0.277 e. The number of hydrogen-bond acceptors (Lipinski definition) is 6. The molecule has 2 amide bonds. The molecule has 0 radical (unpaired) electrons. The number of nitrogens with one attached hydrogen (secondary N) is 1. The fourth-order valence-electron chi connectivity index (χ4n) is 3.45. The summed E-state index contributed by atoms with van der Waals surface area (Å²) in [6.45, 7) is 3.76. The van der Waals surface area contributed by atoms with Crippen LogP contribution >= 0.6 is 0 Å². The highest BCUT2D eigenvalue weighted by Crippen LogP contribution is 2.29. The summed E-state index contributed by atoms with van der Waals surface area (Å²) in [6.07, 6.45) is 3.52. The zero-order chi connectivity index (χ0) is 18.7. The van der Waals surface area contributed by atoms with Crippen LogP contribution in [0.1, 0.15) is 25.3 Å². The van der Waals surface area contributed by atoms with Gasteiger partial charge in [0.05, 0.1) is 24.4 Å². The minimum atomic E-state index is -0.475. The first-order chi connectivity index (χ1) is 12.5. The van der Waals surface area contributed by atoms with Crippen molar-refractivity contribution in [1.82, 2.24) is 4.90 Å². The van der Waals surface area contributed by atoms with Crippen molar-refractivity contribution < 1.29 is 14.7 Å². The number of nitrogens with zero attached hydrogens (tertiary/aromatic N) is 3. The standard InChI is InChI=1S/C19H22N4O3/c1-13-3-2-6-22(12-13)17-5-4-15(9-14(17)11-20)21-16-10-18(25)23(7-8-24)19(16)26/h4-5,9-10,13,21,24H,2-3,6-8,12H2,1H3. The van der Waals surface area contributed by atoms with E-state index in [0.29, 0.717) is 17.2 Å². The van der Waals surface area contributed by atoms with E-state index in [4.69, 9.17) is 5.11 Å². The van der Waals surface area contributed by atoms with Gasteiger partial charge in [-0.15, -0.1) is 0 Å². The topological polar surface area (TPSA) is 96.7 Å². The summed E-state index contributed by atoms with van der Waals surface area (Å²) in [6, 6.07) is 7.61. The van der Waals surface area contributed by atoms with E-state index in [1.54, 1.807) is 6.07 Å². The van der Waals surface area contributed by atoms with Gasteiger partial charge in [-0.25, -0.2) is 0 Å². The van der Waals surface area contributed by atoms with Gasteiger partial charge in [-0.3, -0.25) is 14.5 Å². The molecule has 7 heteroatoms. The Kier molecular flexibility index (Phi) is 5.24. The van der Waals surface area contributed by atoms with Crippen molar-refractivity contribution in [3.63, 3.8) is 0 Å². The molecule has 2 heterocycles. The normalized spacial score (nSPS) is 20.2. The second kappa shape index (κ2) is 7.58. The molecule has 2 aliphatic heterocycles. The van der Waals surface area contributed by atoms with Crippen LogP contribution in [0.15, 0.2) is 30.0 Å². The van der Waals surface area contributed by atoms with Crippen LogP contribution in [0.2, 0.25) is 0 Å². The number of nitriles is 1. The van der Waals surface area contributed by atoms with Crippen LogP contribution in [-0.4, -0.2) is 48.1 Å². The molecule has 0 saturated carbocycles. The lowest BCUT2D eigenvalue weighted by atomic mass is 9.99. The molecule has 0 spiro atoms. The molecule has 0 aliphatic carbocycles. The number of β-amino-alcohol motifs (C(OH)–C–C–N with tert-alkyl or cyclic N) is 1. The maximum Gasteiger partial charge on any atom is 0.277 e. The summed E-state index contributed by atoms with van der Waals surface area (Å²) in [5.41, 5.74) is 2.16. The van der Waals surface area contributed by atoms with Gasteiger partial charge in [-0.2, -0.15) is 5.26 Å². The van der Waals surface area contributed by atoms with E-state index in [9.17, 15) is 14.9 Å². The van der Waals surface area contributed by atoms with Crippen LogP contribution < -0.4 is 10.2 Å². The average molecular weight is 354 g/mol. The van der Waals surface area contributed by atoms with Gasteiger partial charge >= 0.3 is 0 Å². The van der Waals surface area contributed by atoms with E-state index in [2.05, 4.69) is 23.2 Å². The van der Waals surface area contributed by atoms with Gasteiger partial charge in [0.1, 0.15) is 11.8 Å². The number of hydrogen-bond donors (Lipinski definition) is 2. The Hall–Kier alpha value is -2.85. The Balaban J connectivity index is 1.78. The molecule has 1 aromatic carbocycles. The predicted molar refractivity (Wildman–Crippen MR) is 97.3 cm³/mol. The summed E-state index contributed by atoms with van der Waals surface area (Å²) in [5.74, 6) is -0.333. The van der Waals surface area contributed by atoms with Crippen molar-refractivity contribution in [2.24, 2.45) is 5.92 Å².